The van der Waals surface area contributed by atoms with E-state index in [2.05, 4.69) is 17.2 Å². The van der Waals surface area contributed by atoms with Crippen molar-refractivity contribution in [1.29, 1.82) is 0 Å². The van der Waals surface area contributed by atoms with Gasteiger partial charge in [0.1, 0.15) is 16.5 Å². The van der Waals surface area contributed by atoms with Crippen LogP contribution in [0.25, 0.3) is 10.6 Å². The van der Waals surface area contributed by atoms with Gasteiger partial charge in [-0.2, -0.15) is 0 Å². The molecule has 0 aliphatic rings. The lowest BCUT2D eigenvalue weighted by Gasteiger charge is -2.08. The predicted octanol–water partition coefficient (Wildman–Crippen LogP) is 3.25. The summed E-state index contributed by atoms with van der Waals surface area (Å²) in [7, 11) is 3.33. The van der Waals surface area contributed by atoms with Crippen LogP contribution in [0.3, 0.4) is 0 Å². The fourth-order valence-corrected chi connectivity index (χ4v) is 2.98. The zero-order valence-corrected chi connectivity index (χ0v) is 13.1. The summed E-state index contributed by atoms with van der Waals surface area (Å²) in [6.45, 7) is 5.95. The maximum atomic E-state index is 5.42. The summed E-state index contributed by atoms with van der Waals surface area (Å²) in [5, 5.41) is 4.30. The van der Waals surface area contributed by atoms with Gasteiger partial charge in [0.2, 0.25) is 0 Å². The summed E-state index contributed by atoms with van der Waals surface area (Å²) >= 11 is 1.69. The molecule has 0 aliphatic heterocycles. The number of nitrogens with zero attached hydrogens (tertiary/aromatic N) is 1. The molecule has 0 unspecified atom stereocenters. The summed E-state index contributed by atoms with van der Waals surface area (Å²) in [5.41, 5.74) is 2.04. The Bertz CT molecular complexity index is 581. The highest BCUT2D eigenvalue weighted by Crippen LogP contribution is 2.36. The zero-order valence-electron chi connectivity index (χ0n) is 12.3. The highest BCUT2D eigenvalue weighted by Gasteiger charge is 2.14. The third-order valence-electron chi connectivity index (χ3n) is 3.07. The average Bonchev–Trinajstić information content (AvgIpc) is 2.85. The second kappa shape index (κ2) is 6.72. The van der Waals surface area contributed by atoms with Crippen LogP contribution in [0.2, 0.25) is 0 Å². The molecular formula is C15H20N2O2S. The molecule has 0 atom stereocenters. The molecule has 1 N–H and O–H groups in total. The predicted molar refractivity (Wildman–Crippen MR) is 82.8 cm³/mol. The zero-order chi connectivity index (χ0) is 14.5. The van der Waals surface area contributed by atoms with Crippen LogP contribution in [0, 0.1) is 6.92 Å². The minimum atomic E-state index is 0.807. The van der Waals surface area contributed by atoms with E-state index in [1.54, 1.807) is 25.6 Å². The largest absolute Gasteiger partial charge is 0.497 e. The maximum absolute atomic E-state index is 5.42. The molecule has 2 aromatic rings. The lowest BCUT2D eigenvalue weighted by molar-refractivity contribution is 0.404. The Kier molecular flexibility index (Phi) is 4.98. The number of aromatic nitrogens is 1. The standard InChI is InChI=1S/C15H20N2O2S/c1-5-16-9-14-10(2)17-15(20-14)12-8-11(18-3)6-7-13(12)19-4/h6-8,16H,5,9H2,1-4H3. The van der Waals surface area contributed by atoms with Gasteiger partial charge in [0.15, 0.2) is 0 Å². The third kappa shape index (κ3) is 3.11. The lowest BCUT2D eigenvalue weighted by atomic mass is 10.2. The molecule has 1 aromatic heterocycles. The number of methoxy groups -OCH3 is 2. The molecule has 1 heterocycles. The number of hydrogen-bond donors (Lipinski definition) is 1. The van der Waals surface area contributed by atoms with Crippen molar-refractivity contribution in [3.8, 4) is 22.1 Å². The Hall–Kier alpha value is -1.59. The minimum absolute atomic E-state index is 0.807. The van der Waals surface area contributed by atoms with E-state index in [4.69, 9.17) is 9.47 Å². The molecule has 1 aromatic carbocycles. The Morgan fingerprint density at radius 3 is 2.70 bits per heavy atom. The van der Waals surface area contributed by atoms with Gasteiger partial charge in [-0.3, -0.25) is 0 Å². The second-order valence-electron chi connectivity index (χ2n) is 4.37. The van der Waals surface area contributed by atoms with Crippen molar-refractivity contribution in [2.75, 3.05) is 20.8 Å². The first-order valence-electron chi connectivity index (χ1n) is 6.59. The number of aryl methyl sites for hydroxylation is 1. The molecular weight excluding hydrogens is 272 g/mol. The minimum Gasteiger partial charge on any atom is -0.497 e. The molecule has 0 spiro atoms. The average molecular weight is 292 g/mol. The first-order chi connectivity index (χ1) is 9.69. The van der Waals surface area contributed by atoms with E-state index in [9.17, 15) is 0 Å². The maximum Gasteiger partial charge on any atom is 0.129 e. The summed E-state index contributed by atoms with van der Waals surface area (Å²) < 4.78 is 10.7. The number of nitrogens with one attached hydrogen (secondary N) is 1. The van der Waals surface area contributed by atoms with Gasteiger partial charge < -0.3 is 14.8 Å². The van der Waals surface area contributed by atoms with Crippen LogP contribution < -0.4 is 14.8 Å². The summed E-state index contributed by atoms with van der Waals surface area (Å²) in [4.78, 5) is 5.92. The van der Waals surface area contributed by atoms with Gasteiger partial charge >= 0.3 is 0 Å². The number of benzene rings is 1. The Labute approximate surface area is 123 Å². The van der Waals surface area contributed by atoms with Crippen LogP contribution >= 0.6 is 11.3 Å². The molecule has 5 heteroatoms. The Morgan fingerprint density at radius 2 is 2.05 bits per heavy atom. The SMILES string of the molecule is CCNCc1sc(-c2cc(OC)ccc2OC)nc1C. The molecule has 0 saturated heterocycles. The van der Waals surface area contributed by atoms with Gasteiger partial charge in [0, 0.05) is 11.4 Å². The number of rotatable bonds is 6. The molecule has 108 valence electrons. The van der Waals surface area contributed by atoms with Crippen LogP contribution in [0.1, 0.15) is 17.5 Å². The highest BCUT2D eigenvalue weighted by atomic mass is 32.1. The number of hydrogen-bond acceptors (Lipinski definition) is 5. The van der Waals surface area contributed by atoms with Crippen molar-refractivity contribution in [3.63, 3.8) is 0 Å². The van der Waals surface area contributed by atoms with Crippen LogP contribution in [-0.4, -0.2) is 25.7 Å². The monoisotopic (exact) mass is 292 g/mol. The summed E-state index contributed by atoms with van der Waals surface area (Å²) in [5.74, 6) is 1.62. The van der Waals surface area contributed by atoms with Gasteiger partial charge in [-0.1, -0.05) is 6.92 Å². The van der Waals surface area contributed by atoms with Crippen molar-refractivity contribution in [1.82, 2.24) is 10.3 Å². The number of thiazole rings is 1. The van der Waals surface area contributed by atoms with Crippen LogP contribution in [0.4, 0.5) is 0 Å². The summed E-state index contributed by atoms with van der Waals surface area (Å²) in [6, 6.07) is 5.77. The number of ether oxygens (including phenoxy) is 2. The van der Waals surface area contributed by atoms with E-state index in [1.165, 1.54) is 4.88 Å². The van der Waals surface area contributed by atoms with E-state index in [1.807, 2.05) is 25.1 Å². The molecule has 0 fully saturated rings. The van der Waals surface area contributed by atoms with Crippen molar-refractivity contribution in [2.24, 2.45) is 0 Å². The van der Waals surface area contributed by atoms with Crippen molar-refractivity contribution in [3.05, 3.63) is 28.8 Å². The Balaban J connectivity index is 2.39. The van der Waals surface area contributed by atoms with Crippen LogP contribution in [0.5, 0.6) is 11.5 Å². The normalized spacial score (nSPS) is 10.6. The summed E-state index contributed by atoms with van der Waals surface area (Å²) in [6.07, 6.45) is 0. The first kappa shape index (κ1) is 14.8. The third-order valence-corrected chi connectivity index (χ3v) is 4.26. The van der Waals surface area contributed by atoms with E-state index in [0.29, 0.717) is 0 Å². The molecule has 20 heavy (non-hydrogen) atoms. The fraction of sp³-hybridized carbons (Fsp3) is 0.400. The topological polar surface area (TPSA) is 43.4 Å². The molecule has 0 saturated carbocycles. The highest BCUT2D eigenvalue weighted by molar-refractivity contribution is 7.15. The van der Waals surface area contributed by atoms with E-state index in [0.717, 1.165) is 40.9 Å². The van der Waals surface area contributed by atoms with Gasteiger partial charge in [0.05, 0.1) is 25.5 Å². The van der Waals surface area contributed by atoms with Gasteiger partial charge in [-0.05, 0) is 31.7 Å². The van der Waals surface area contributed by atoms with Crippen LogP contribution in [-0.2, 0) is 6.54 Å². The van der Waals surface area contributed by atoms with Crippen LogP contribution in [0.15, 0.2) is 18.2 Å². The Morgan fingerprint density at radius 1 is 1.25 bits per heavy atom. The second-order valence-corrected chi connectivity index (χ2v) is 5.46. The molecule has 2 rings (SSSR count). The first-order valence-corrected chi connectivity index (χ1v) is 7.40. The van der Waals surface area contributed by atoms with Crippen molar-refractivity contribution >= 4 is 11.3 Å². The lowest BCUT2D eigenvalue weighted by Crippen LogP contribution is -2.11. The molecule has 0 bridgehead atoms. The quantitative estimate of drug-likeness (QED) is 0.887. The fourth-order valence-electron chi connectivity index (χ4n) is 1.93. The molecule has 4 nitrogen and oxygen atoms in total. The van der Waals surface area contributed by atoms with E-state index in [-0.39, 0.29) is 0 Å². The van der Waals surface area contributed by atoms with Gasteiger partial charge in [-0.25, -0.2) is 4.98 Å². The molecule has 0 radical (unpaired) electrons. The molecule has 0 amide bonds. The van der Waals surface area contributed by atoms with Gasteiger partial charge in [0.25, 0.3) is 0 Å². The van der Waals surface area contributed by atoms with E-state index < -0.39 is 0 Å². The van der Waals surface area contributed by atoms with E-state index >= 15 is 0 Å². The van der Waals surface area contributed by atoms with Crippen molar-refractivity contribution < 1.29 is 9.47 Å². The smallest absolute Gasteiger partial charge is 0.129 e. The van der Waals surface area contributed by atoms with Crippen molar-refractivity contribution in [2.45, 2.75) is 20.4 Å². The molecule has 0 aliphatic carbocycles. The van der Waals surface area contributed by atoms with Gasteiger partial charge in [-0.15, -0.1) is 11.3 Å².